The zero-order chi connectivity index (χ0) is 12.1. The molecule has 1 atom stereocenters. The number of nitrogens with one attached hydrogen (secondary N) is 1. The highest BCUT2D eigenvalue weighted by Gasteiger charge is 2.21. The molecule has 0 aromatic heterocycles. The lowest BCUT2D eigenvalue weighted by Gasteiger charge is -2.28. The summed E-state index contributed by atoms with van der Waals surface area (Å²) in [4.78, 5) is 22.0. The second-order valence-electron chi connectivity index (χ2n) is 4.50. The maximum absolute atomic E-state index is 11.4. The van der Waals surface area contributed by atoms with Crippen LogP contribution in [0.3, 0.4) is 0 Å². The number of carboxylic acids is 1. The Hall–Kier alpha value is -1.10. The third kappa shape index (κ3) is 6.06. The van der Waals surface area contributed by atoms with Crippen LogP contribution >= 0.6 is 0 Å². The number of hydrogen-bond donors (Lipinski definition) is 2. The van der Waals surface area contributed by atoms with Gasteiger partial charge in [-0.05, 0) is 6.42 Å². The van der Waals surface area contributed by atoms with Crippen molar-refractivity contribution in [2.24, 2.45) is 5.92 Å². The summed E-state index contributed by atoms with van der Waals surface area (Å²) in [6.45, 7) is 4.14. The van der Waals surface area contributed by atoms with Gasteiger partial charge in [-0.1, -0.05) is 13.8 Å². The molecule has 0 saturated heterocycles. The molecular weight excluding hydrogens is 199 g/mol. The van der Waals surface area contributed by atoms with Crippen LogP contribution in [0.15, 0.2) is 0 Å². The summed E-state index contributed by atoms with van der Waals surface area (Å²) >= 11 is 0. The van der Waals surface area contributed by atoms with Crippen LogP contribution < -0.4 is 5.32 Å². The first-order valence-electron chi connectivity index (χ1n) is 5.10. The zero-order valence-corrected chi connectivity index (χ0v) is 9.91. The smallest absolute Gasteiger partial charge is 0.359 e. The van der Waals surface area contributed by atoms with Crippen molar-refractivity contribution < 1.29 is 19.2 Å². The first-order chi connectivity index (χ1) is 6.78. The molecule has 0 heterocycles. The number of carbonyl (C=O) groups is 2. The van der Waals surface area contributed by atoms with E-state index in [1.807, 2.05) is 13.8 Å². The Labute approximate surface area is 90.7 Å². The highest BCUT2D eigenvalue weighted by molar-refractivity contribution is 5.78. The Morgan fingerprint density at radius 1 is 1.40 bits per heavy atom. The molecule has 1 amide bonds. The molecule has 0 spiro atoms. The van der Waals surface area contributed by atoms with E-state index in [0.717, 1.165) is 6.42 Å². The number of hydrogen-bond acceptors (Lipinski definition) is 2. The maximum Gasteiger partial charge on any atom is 0.359 e. The molecule has 0 aliphatic carbocycles. The second kappa shape index (κ2) is 5.70. The molecule has 0 radical (unpaired) electrons. The van der Waals surface area contributed by atoms with E-state index in [-0.39, 0.29) is 22.9 Å². The second-order valence-corrected chi connectivity index (χ2v) is 4.50. The van der Waals surface area contributed by atoms with Crippen LogP contribution in [-0.4, -0.2) is 48.8 Å². The predicted octanol–water partition coefficient (Wildman–Crippen LogP) is 0.267. The van der Waals surface area contributed by atoms with Crippen molar-refractivity contribution in [3.8, 4) is 0 Å². The summed E-state index contributed by atoms with van der Waals surface area (Å²) in [5.74, 6) is -0.901. The van der Waals surface area contributed by atoms with Gasteiger partial charge in [0.25, 0.3) is 0 Å². The standard InChI is InChI=1S/C10H20N2O3/c1-5-8(2)10(15)11-7-12(3,4)6-9(13)14/h8H,5-7H2,1-4H3,(H-,11,13,14,15)/p+1/i3+1,4+1,12+1. The fraction of sp³-hybridized carbons (Fsp3) is 0.800. The summed E-state index contributed by atoms with van der Waals surface area (Å²) < 4.78 is 0.248. The highest BCUT2D eigenvalue weighted by Crippen LogP contribution is 2.01. The number of quaternary nitrogens is 1. The third-order valence-corrected chi connectivity index (χ3v) is 2.30. The molecule has 0 bridgehead atoms. The third-order valence-electron chi connectivity index (χ3n) is 2.30. The van der Waals surface area contributed by atoms with E-state index in [1.165, 1.54) is 0 Å². The van der Waals surface area contributed by atoms with E-state index in [1.54, 1.807) is 14.1 Å². The van der Waals surface area contributed by atoms with Crippen LogP contribution in [0.4, 0.5) is 0 Å². The largest absolute Gasteiger partial charge is 0.477 e. The van der Waals surface area contributed by atoms with Crippen LogP contribution in [0.25, 0.3) is 0 Å². The van der Waals surface area contributed by atoms with E-state index >= 15 is 0 Å². The van der Waals surface area contributed by atoms with Crippen molar-refractivity contribution in [2.75, 3.05) is 27.3 Å². The summed E-state index contributed by atoms with van der Waals surface area (Å²) in [6.07, 6.45) is 0.790. The predicted molar refractivity (Wildman–Crippen MR) is 57.1 cm³/mol. The first-order valence-corrected chi connectivity index (χ1v) is 5.10. The molecule has 1 unspecified atom stereocenters. The van der Waals surface area contributed by atoms with Gasteiger partial charge in [-0.3, -0.25) is 4.79 Å². The van der Waals surface area contributed by atoms with Crippen LogP contribution in [0.5, 0.6) is 0 Å². The van der Waals surface area contributed by atoms with Gasteiger partial charge in [-0.2, -0.15) is 0 Å². The van der Waals surface area contributed by atoms with E-state index in [4.69, 9.17) is 5.11 Å². The molecule has 5 nitrogen and oxygen atoms in total. The molecule has 0 fully saturated rings. The Balaban J connectivity index is 4.03. The zero-order valence-electron chi connectivity index (χ0n) is 9.91. The molecule has 2 N–H and O–H groups in total. The molecule has 88 valence electrons. The van der Waals surface area contributed by atoms with Gasteiger partial charge in [0.2, 0.25) is 5.91 Å². The normalized spacial score (nSPS) is 13.3. The van der Waals surface area contributed by atoms with Crippen molar-refractivity contribution in [1.29, 1.82) is 0 Å². The van der Waals surface area contributed by atoms with E-state index in [2.05, 4.69) is 5.32 Å². The topological polar surface area (TPSA) is 66.4 Å². The Morgan fingerprint density at radius 2 is 1.93 bits per heavy atom. The van der Waals surface area contributed by atoms with Gasteiger partial charge in [0.15, 0.2) is 13.2 Å². The number of rotatable bonds is 6. The van der Waals surface area contributed by atoms with Gasteiger partial charge in [0.1, 0.15) is 0 Å². The maximum atomic E-state index is 11.4. The Kier molecular flexibility index (Phi) is 5.28. The van der Waals surface area contributed by atoms with Crippen LogP contribution in [0, 0.1) is 5.92 Å². The summed E-state index contributed by atoms with van der Waals surface area (Å²) in [6, 6.07) is 0. The fourth-order valence-corrected chi connectivity index (χ4v) is 1.07. The lowest BCUT2D eigenvalue weighted by molar-refractivity contribution is -0.884. The average molecular weight is 220 g/mol. The summed E-state index contributed by atoms with van der Waals surface area (Å²) in [7, 11) is 3.54. The van der Waals surface area contributed by atoms with Crippen molar-refractivity contribution in [2.45, 2.75) is 20.3 Å². The highest BCUT2D eigenvalue weighted by atomic mass is 16.4. The van der Waals surface area contributed by atoms with Crippen LogP contribution in [-0.2, 0) is 9.59 Å². The van der Waals surface area contributed by atoms with E-state index < -0.39 is 5.97 Å². The van der Waals surface area contributed by atoms with Gasteiger partial charge >= 0.3 is 5.97 Å². The molecule has 5 heteroatoms. The van der Waals surface area contributed by atoms with Crippen molar-refractivity contribution in [1.82, 2.24) is 5.32 Å². The molecule has 0 aromatic carbocycles. The van der Waals surface area contributed by atoms with Crippen molar-refractivity contribution in [3.05, 3.63) is 0 Å². The van der Waals surface area contributed by atoms with Crippen LogP contribution in [0.2, 0.25) is 0 Å². The molecular formula is C10H21N2O3+. The fourth-order valence-electron chi connectivity index (χ4n) is 1.07. The van der Waals surface area contributed by atoms with Gasteiger partial charge in [0, 0.05) is 5.92 Å². The molecule has 0 saturated carbocycles. The molecule has 0 rings (SSSR count). The monoisotopic (exact) mass is 220 g/mol. The number of likely N-dealkylation sites (N-methyl/N-ethyl adjacent to an activating group) is 1. The van der Waals surface area contributed by atoms with Gasteiger partial charge in [0.05, 0.1) is 14.1 Å². The minimum Gasteiger partial charge on any atom is -0.477 e. The average Bonchev–Trinajstić information content (AvgIpc) is 2.11. The van der Waals surface area contributed by atoms with E-state index in [0.29, 0.717) is 6.67 Å². The van der Waals surface area contributed by atoms with E-state index in [9.17, 15) is 9.59 Å². The minimum absolute atomic E-state index is 0.000780. The summed E-state index contributed by atoms with van der Waals surface area (Å²) in [5, 5.41) is 11.4. The lowest BCUT2D eigenvalue weighted by atomic mass is 10.1. The van der Waals surface area contributed by atoms with Crippen molar-refractivity contribution in [3.63, 3.8) is 0 Å². The SMILES string of the molecule is CCC(C)C(=O)NC[15N+]([13CH3])([13CH3])CC(=O)O. The van der Waals surface area contributed by atoms with Gasteiger partial charge in [-0.15, -0.1) is 0 Å². The van der Waals surface area contributed by atoms with Crippen LogP contribution in [0.1, 0.15) is 20.3 Å². The number of amides is 1. The van der Waals surface area contributed by atoms with Gasteiger partial charge < -0.3 is 14.9 Å². The summed E-state index contributed by atoms with van der Waals surface area (Å²) in [5.41, 5.74) is 0. The quantitative estimate of drug-likeness (QED) is 0.292. The number of carboxylic acid groups (broad SMARTS) is 1. The van der Waals surface area contributed by atoms with Crippen molar-refractivity contribution >= 4 is 11.9 Å². The van der Waals surface area contributed by atoms with Gasteiger partial charge in [-0.25, -0.2) is 4.79 Å². The molecule has 0 aliphatic rings. The lowest BCUT2D eigenvalue weighted by Crippen LogP contribution is -2.51. The Morgan fingerprint density at radius 3 is 2.33 bits per heavy atom. The Bertz CT molecular complexity index is 239. The number of aliphatic carboxylic acids is 1. The number of nitrogens with zero attached hydrogens (tertiary/aromatic N) is 1. The number of carbonyl (C=O) groups excluding carboxylic acids is 1. The first kappa shape index (κ1) is 13.9. The molecule has 0 aliphatic heterocycles. The minimum atomic E-state index is -0.863. The molecule has 15 heavy (non-hydrogen) atoms. The molecule has 0 aromatic rings.